The first-order valence-electron chi connectivity index (χ1n) is 3.68. The quantitative estimate of drug-likeness (QED) is 0.619. The van der Waals surface area contributed by atoms with Crippen LogP contribution in [0.1, 0.15) is 6.92 Å². The molecule has 0 aromatic heterocycles. The van der Waals surface area contributed by atoms with Crippen molar-refractivity contribution in [1.82, 2.24) is 4.90 Å². The summed E-state index contributed by atoms with van der Waals surface area (Å²) in [6, 6.07) is 0.370. The van der Waals surface area contributed by atoms with Crippen molar-refractivity contribution in [3.8, 4) is 0 Å². The van der Waals surface area contributed by atoms with Crippen LogP contribution in [0.25, 0.3) is 0 Å². The smallest absolute Gasteiger partial charge is 0.0376 e. The van der Waals surface area contributed by atoms with Crippen LogP contribution in [0.4, 0.5) is 0 Å². The van der Waals surface area contributed by atoms with E-state index in [-0.39, 0.29) is 0 Å². The van der Waals surface area contributed by atoms with E-state index in [0.717, 1.165) is 13.1 Å². The number of halogens is 3. The fraction of sp³-hybridized carbons (Fsp3) is 1.00. The average Bonchev–Trinajstić information content (AvgIpc) is 2.03. The van der Waals surface area contributed by atoms with Crippen LogP contribution in [0.5, 0.6) is 0 Å². The first-order chi connectivity index (χ1) is 5.26. The molecule has 0 aromatic carbocycles. The topological polar surface area (TPSA) is 3.24 Å². The normalized spacial score (nSPS) is 13.9. The third-order valence-corrected chi connectivity index (χ3v) is 2.37. The van der Waals surface area contributed by atoms with E-state index >= 15 is 0 Å². The summed E-state index contributed by atoms with van der Waals surface area (Å²) in [6.45, 7) is 3.80. The Morgan fingerprint density at radius 2 is 1.55 bits per heavy atom. The summed E-state index contributed by atoms with van der Waals surface area (Å²) in [4.78, 5) is 2.19. The predicted molar refractivity (Wildman–Crippen MR) is 53.2 cm³/mol. The van der Waals surface area contributed by atoms with Crippen LogP contribution < -0.4 is 0 Å². The van der Waals surface area contributed by atoms with E-state index in [4.69, 9.17) is 34.8 Å². The third kappa shape index (κ3) is 5.13. The van der Waals surface area contributed by atoms with Crippen molar-refractivity contribution in [1.29, 1.82) is 0 Å². The maximum atomic E-state index is 5.69. The Kier molecular flexibility index (Phi) is 8.04. The molecule has 68 valence electrons. The Balaban J connectivity index is 3.66. The van der Waals surface area contributed by atoms with Gasteiger partial charge >= 0.3 is 0 Å². The minimum absolute atomic E-state index is 0.370. The molecular weight excluding hydrogens is 204 g/mol. The predicted octanol–water partition coefficient (Wildman–Crippen LogP) is 2.39. The van der Waals surface area contributed by atoms with Gasteiger partial charge in [0, 0.05) is 36.8 Å². The second-order valence-corrected chi connectivity index (χ2v) is 3.48. The van der Waals surface area contributed by atoms with E-state index in [1.54, 1.807) is 0 Å². The Bertz CT molecular complexity index is 83.8. The number of hydrogen-bond acceptors (Lipinski definition) is 1. The molecule has 0 heterocycles. The second-order valence-electron chi connectivity index (χ2n) is 2.42. The number of alkyl halides is 3. The summed E-state index contributed by atoms with van der Waals surface area (Å²) in [5, 5.41) is 0. The van der Waals surface area contributed by atoms with Crippen molar-refractivity contribution >= 4 is 34.8 Å². The van der Waals surface area contributed by atoms with E-state index in [2.05, 4.69) is 11.8 Å². The lowest BCUT2D eigenvalue weighted by Gasteiger charge is -2.25. The SMILES string of the molecule is C[C@@H](CCl)N(CCCl)CCCl. The largest absolute Gasteiger partial charge is 0.297 e. The highest BCUT2D eigenvalue weighted by atomic mass is 35.5. The van der Waals surface area contributed by atoms with Crippen LogP contribution in [-0.2, 0) is 0 Å². The van der Waals surface area contributed by atoms with Gasteiger partial charge in [-0.3, -0.25) is 4.90 Å². The van der Waals surface area contributed by atoms with Gasteiger partial charge < -0.3 is 0 Å². The lowest BCUT2D eigenvalue weighted by molar-refractivity contribution is 0.252. The van der Waals surface area contributed by atoms with Crippen LogP contribution in [0, 0.1) is 0 Å². The van der Waals surface area contributed by atoms with Gasteiger partial charge in [0.25, 0.3) is 0 Å². The lowest BCUT2D eigenvalue weighted by Crippen LogP contribution is -2.37. The molecule has 0 amide bonds. The summed E-state index contributed by atoms with van der Waals surface area (Å²) in [5.74, 6) is 1.91. The highest BCUT2D eigenvalue weighted by Gasteiger charge is 2.10. The van der Waals surface area contributed by atoms with Gasteiger partial charge in [0.1, 0.15) is 0 Å². The Morgan fingerprint density at radius 3 is 1.82 bits per heavy atom. The fourth-order valence-electron chi connectivity index (χ4n) is 0.867. The molecule has 0 aliphatic heterocycles. The maximum absolute atomic E-state index is 5.69. The monoisotopic (exact) mass is 217 g/mol. The summed E-state index contributed by atoms with van der Waals surface area (Å²) in [7, 11) is 0. The van der Waals surface area contributed by atoms with E-state index in [9.17, 15) is 0 Å². The summed E-state index contributed by atoms with van der Waals surface area (Å²) in [6.07, 6.45) is 0. The Labute approximate surface area is 83.6 Å². The molecule has 0 saturated carbocycles. The molecule has 0 unspecified atom stereocenters. The second kappa shape index (κ2) is 7.48. The molecule has 0 N–H and O–H groups in total. The van der Waals surface area contributed by atoms with E-state index in [0.29, 0.717) is 23.7 Å². The van der Waals surface area contributed by atoms with Crippen molar-refractivity contribution in [3.05, 3.63) is 0 Å². The highest BCUT2D eigenvalue weighted by molar-refractivity contribution is 6.19. The average molecular weight is 219 g/mol. The molecule has 11 heavy (non-hydrogen) atoms. The lowest BCUT2D eigenvalue weighted by atomic mass is 10.3. The molecular formula is C7H14Cl3N. The zero-order valence-electron chi connectivity index (χ0n) is 6.69. The molecule has 0 aliphatic carbocycles. The van der Waals surface area contributed by atoms with E-state index in [1.807, 2.05) is 0 Å². The first kappa shape index (κ1) is 11.8. The number of hydrogen-bond donors (Lipinski definition) is 0. The molecule has 0 saturated heterocycles. The van der Waals surface area contributed by atoms with Crippen LogP contribution in [0.2, 0.25) is 0 Å². The van der Waals surface area contributed by atoms with Crippen molar-refractivity contribution in [2.75, 3.05) is 30.7 Å². The minimum atomic E-state index is 0.370. The van der Waals surface area contributed by atoms with Gasteiger partial charge in [0.05, 0.1) is 0 Å². The molecule has 1 nitrogen and oxygen atoms in total. The molecule has 0 spiro atoms. The van der Waals surface area contributed by atoms with Gasteiger partial charge in [0.15, 0.2) is 0 Å². The van der Waals surface area contributed by atoms with Gasteiger partial charge in [-0.05, 0) is 6.92 Å². The minimum Gasteiger partial charge on any atom is -0.297 e. The van der Waals surface area contributed by atoms with Crippen molar-refractivity contribution in [3.63, 3.8) is 0 Å². The highest BCUT2D eigenvalue weighted by Crippen LogP contribution is 2.01. The van der Waals surface area contributed by atoms with Gasteiger partial charge in [0.2, 0.25) is 0 Å². The molecule has 0 aromatic rings. The van der Waals surface area contributed by atoms with Crippen LogP contribution >= 0.6 is 34.8 Å². The third-order valence-electron chi connectivity index (χ3n) is 1.59. The summed E-state index contributed by atoms with van der Waals surface area (Å²) in [5.41, 5.74) is 0. The van der Waals surface area contributed by atoms with Gasteiger partial charge in [-0.1, -0.05) is 0 Å². The van der Waals surface area contributed by atoms with Crippen molar-refractivity contribution in [2.24, 2.45) is 0 Å². The summed E-state index contributed by atoms with van der Waals surface area (Å²) < 4.78 is 0. The zero-order valence-corrected chi connectivity index (χ0v) is 8.96. The van der Waals surface area contributed by atoms with E-state index in [1.165, 1.54) is 0 Å². The molecule has 0 aliphatic rings. The van der Waals surface area contributed by atoms with Crippen LogP contribution in [0.3, 0.4) is 0 Å². The number of rotatable bonds is 6. The maximum Gasteiger partial charge on any atom is 0.0376 e. The van der Waals surface area contributed by atoms with Gasteiger partial charge in [-0.2, -0.15) is 0 Å². The molecule has 0 bridgehead atoms. The van der Waals surface area contributed by atoms with Gasteiger partial charge in [-0.25, -0.2) is 0 Å². The Hall–Kier alpha value is 0.830. The molecule has 0 fully saturated rings. The standard InChI is InChI=1S/C7H14Cl3N/c1-7(6-10)11(4-2-8)5-3-9/h7H,2-6H2,1H3/t7-/m0/s1. The van der Waals surface area contributed by atoms with E-state index < -0.39 is 0 Å². The molecule has 1 atom stereocenters. The van der Waals surface area contributed by atoms with Crippen molar-refractivity contribution in [2.45, 2.75) is 13.0 Å². The Morgan fingerprint density at radius 1 is 1.09 bits per heavy atom. The molecule has 0 rings (SSSR count). The number of nitrogens with zero attached hydrogens (tertiary/aromatic N) is 1. The van der Waals surface area contributed by atoms with Crippen LogP contribution in [-0.4, -0.2) is 41.7 Å². The first-order valence-corrected chi connectivity index (χ1v) is 5.28. The summed E-state index contributed by atoms with van der Waals surface area (Å²) >= 11 is 16.9. The molecule has 4 heteroatoms. The van der Waals surface area contributed by atoms with Crippen LogP contribution in [0.15, 0.2) is 0 Å². The zero-order chi connectivity index (χ0) is 8.69. The van der Waals surface area contributed by atoms with Gasteiger partial charge in [-0.15, -0.1) is 34.8 Å². The van der Waals surface area contributed by atoms with Crippen molar-refractivity contribution < 1.29 is 0 Å². The fourth-order valence-corrected chi connectivity index (χ4v) is 1.50. The molecule has 0 radical (unpaired) electrons.